The van der Waals surface area contributed by atoms with Crippen molar-refractivity contribution in [1.82, 2.24) is 5.32 Å². The number of nitrogens with zero attached hydrogens (tertiary/aromatic N) is 1. The second-order valence-electron chi connectivity index (χ2n) is 5.94. The molecule has 1 atom stereocenters. The summed E-state index contributed by atoms with van der Waals surface area (Å²) < 4.78 is 2.05. The molecule has 25 heavy (non-hydrogen) atoms. The summed E-state index contributed by atoms with van der Waals surface area (Å²) >= 11 is 7.12. The van der Waals surface area contributed by atoms with E-state index >= 15 is 0 Å². The van der Waals surface area contributed by atoms with Gasteiger partial charge in [-0.3, -0.25) is 10.1 Å². The van der Waals surface area contributed by atoms with E-state index < -0.39 is 4.92 Å². The van der Waals surface area contributed by atoms with Crippen molar-refractivity contribution in [3.8, 4) is 5.75 Å². The fraction of sp³-hybridized carbons (Fsp3) is 0.294. The number of aromatic hydroxyl groups is 1. The molecule has 0 fully saturated rings. The second-order valence-corrected chi connectivity index (χ2v) is 7.65. The van der Waals surface area contributed by atoms with E-state index in [0.29, 0.717) is 6.42 Å². The Hall–Kier alpha value is -1.15. The first-order chi connectivity index (χ1) is 11.4. The third-order valence-corrected chi connectivity index (χ3v) is 6.02. The molecular weight excluding hydrogens is 475 g/mol. The number of hydrogen-bond acceptors (Lipinski definition) is 4. The van der Waals surface area contributed by atoms with Gasteiger partial charge in [0, 0.05) is 21.1 Å². The molecule has 0 spiro atoms. The molecule has 0 saturated carbocycles. The SMILES string of the molecule is Cc1c(Br)cc(CC2NCCc3cc(O)c([N+](=O)[O-])cc32)cc1Br.Cl. The number of benzene rings is 2. The predicted molar refractivity (Wildman–Crippen MR) is 107 cm³/mol. The molecular formula is C17H17Br2ClN2O3. The lowest BCUT2D eigenvalue weighted by Crippen LogP contribution is -2.31. The van der Waals surface area contributed by atoms with Crippen LogP contribution in [0.1, 0.15) is 28.3 Å². The first kappa shape index (κ1) is 20.2. The molecule has 1 aliphatic rings. The molecule has 1 unspecified atom stereocenters. The van der Waals surface area contributed by atoms with Crippen molar-refractivity contribution in [1.29, 1.82) is 0 Å². The van der Waals surface area contributed by atoms with Crippen LogP contribution in [0.4, 0.5) is 5.69 Å². The van der Waals surface area contributed by atoms with Crippen LogP contribution in [-0.4, -0.2) is 16.6 Å². The third-order valence-electron chi connectivity index (χ3n) is 4.37. The Bertz CT molecular complexity index is 807. The van der Waals surface area contributed by atoms with Crippen LogP contribution in [0.2, 0.25) is 0 Å². The summed E-state index contributed by atoms with van der Waals surface area (Å²) in [5, 5.41) is 24.4. The van der Waals surface area contributed by atoms with Gasteiger partial charge in [0.1, 0.15) is 0 Å². The molecule has 0 radical (unpaired) electrons. The number of phenolic OH excluding ortho intramolecular Hbond substituents is 1. The Balaban J connectivity index is 0.00000225. The predicted octanol–water partition coefficient (Wildman–Crippen LogP) is 4.99. The van der Waals surface area contributed by atoms with Gasteiger partial charge in [0.25, 0.3) is 0 Å². The number of fused-ring (bicyclic) bond motifs is 1. The van der Waals surface area contributed by atoms with Crippen molar-refractivity contribution in [2.45, 2.75) is 25.8 Å². The average Bonchev–Trinajstić information content (AvgIpc) is 2.51. The molecule has 134 valence electrons. The number of nitro groups is 1. The quantitative estimate of drug-likeness (QED) is 0.468. The third kappa shape index (κ3) is 4.16. The second kappa shape index (κ2) is 8.03. The largest absolute Gasteiger partial charge is 0.502 e. The summed E-state index contributed by atoms with van der Waals surface area (Å²) in [7, 11) is 0. The Morgan fingerprint density at radius 3 is 2.52 bits per heavy atom. The smallest absolute Gasteiger partial charge is 0.311 e. The lowest BCUT2D eigenvalue weighted by molar-refractivity contribution is -0.386. The molecule has 0 saturated heterocycles. The van der Waals surface area contributed by atoms with Gasteiger partial charge in [0.2, 0.25) is 0 Å². The van der Waals surface area contributed by atoms with Crippen molar-refractivity contribution < 1.29 is 10.0 Å². The molecule has 2 N–H and O–H groups in total. The van der Waals surface area contributed by atoms with Crippen molar-refractivity contribution in [2.75, 3.05) is 6.54 Å². The van der Waals surface area contributed by atoms with E-state index in [1.54, 1.807) is 0 Å². The minimum atomic E-state index is -0.541. The van der Waals surface area contributed by atoms with E-state index in [1.807, 2.05) is 6.92 Å². The zero-order valence-electron chi connectivity index (χ0n) is 13.4. The van der Waals surface area contributed by atoms with E-state index in [2.05, 4.69) is 49.3 Å². The van der Waals surface area contributed by atoms with Crippen LogP contribution >= 0.6 is 44.3 Å². The van der Waals surface area contributed by atoms with Crippen molar-refractivity contribution in [3.63, 3.8) is 0 Å². The Morgan fingerprint density at radius 2 is 1.92 bits per heavy atom. The maximum absolute atomic E-state index is 11.1. The summed E-state index contributed by atoms with van der Waals surface area (Å²) in [4.78, 5) is 10.6. The van der Waals surface area contributed by atoms with Gasteiger partial charge in [0.05, 0.1) is 4.92 Å². The first-order valence-electron chi connectivity index (χ1n) is 7.55. The summed E-state index contributed by atoms with van der Waals surface area (Å²) in [6.45, 7) is 2.81. The van der Waals surface area contributed by atoms with Crippen LogP contribution in [-0.2, 0) is 12.8 Å². The fourth-order valence-electron chi connectivity index (χ4n) is 3.05. The number of rotatable bonds is 3. The normalized spacial score (nSPS) is 16.0. The maximum Gasteiger partial charge on any atom is 0.311 e. The van der Waals surface area contributed by atoms with Gasteiger partial charge in [-0.25, -0.2) is 0 Å². The minimum absolute atomic E-state index is 0. The zero-order valence-corrected chi connectivity index (χ0v) is 17.4. The Morgan fingerprint density at radius 1 is 1.28 bits per heavy atom. The highest BCUT2D eigenvalue weighted by molar-refractivity contribution is 9.11. The highest BCUT2D eigenvalue weighted by Gasteiger charge is 2.25. The number of nitro benzene ring substituents is 1. The summed E-state index contributed by atoms with van der Waals surface area (Å²) in [6, 6.07) is 7.16. The van der Waals surface area contributed by atoms with Crippen LogP contribution in [0.3, 0.4) is 0 Å². The van der Waals surface area contributed by atoms with Gasteiger partial charge in [-0.05, 0) is 66.8 Å². The monoisotopic (exact) mass is 490 g/mol. The minimum Gasteiger partial charge on any atom is -0.502 e. The van der Waals surface area contributed by atoms with Crippen LogP contribution in [0.15, 0.2) is 33.2 Å². The number of phenols is 1. The molecule has 1 heterocycles. The molecule has 3 rings (SSSR count). The molecule has 2 aromatic rings. The van der Waals surface area contributed by atoms with Gasteiger partial charge in [0.15, 0.2) is 5.75 Å². The van der Waals surface area contributed by atoms with Crippen LogP contribution in [0.25, 0.3) is 0 Å². The number of nitrogens with one attached hydrogen (secondary N) is 1. The molecule has 0 aromatic heterocycles. The van der Waals surface area contributed by atoms with Gasteiger partial charge in [-0.1, -0.05) is 31.9 Å². The highest BCUT2D eigenvalue weighted by Crippen LogP contribution is 2.36. The standard InChI is InChI=1S/C17H16Br2N2O3.ClH/c1-9-13(18)4-10(5-14(9)19)6-15-12-8-16(21(23)24)17(22)7-11(12)2-3-20-15;/h4-5,7-8,15,20,22H,2-3,6H2,1H3;1H. The van der Waals surface area contributed by atoms with E-state index in [4.69, 9.17) is 0 Å². The molecule has 1 aliphatic heterocycles. The van der Waals surface area contributed by atoms with E-state index in [-0.39, 0.29) is 29.9 Å². The first-order valence-corrected chi connectivity index (χ1v) is 9.13. The van der Waals surface area contributed by atoms with Gasteiger partial charge < -0.3 is 10.4 Å². The topological polar surface area (TPSA) is 75.4 Å². The van der Waals surface area contributed by atoms with E-state index in [1.165, 1.54) is 12.1 Å². The maximum atomic E-state index is 11.1. The number of halogens is 3. The zero-order chi connectivity index (χ0) is 17.4. The average molecular weight is 493 g/mol. The summed E-state index contributed by atoms with van der Waals surface area (Å²) in [6.07, 6.45) is 1.46. The molecule has 2 aromatic carbocycles. The highest BCUT2D eigenvalue weighted by atomic mass is 79.9. The van der Waals surface area contributed by atoms with Crippen molar-refractivity contribution in [2.24, 2.45) is 0 Å². The van der Waals surface area contributed by atoms with Crippen LogP contribution < -0.4 is 5.32 Å². The molecule has 0 aliphatic carbocycles. The lowest BCUT2D eigenvalue weighted by Gasteiger charge is -2.27. The van der Waals surface area contributed by atoms with Gasteiger partial charge in [-0.2, -0.15) is 0 Å². The number of hydrogen-bond donors (Lipinski definition) is 2. The molecule has 0 bridgehead atoms. The Labute approximate surface area is 168 Å². The van der Waals surface area contributed by atoms with Crippen LogP contribution in [0.5, 0.6) is 5.75 Å². The van der Waals surface area contributed by atoms with Crippen molar-refractivity contribution in [3.05, 3.63) is 65.6 Å². The molecule has 0 amide bonds. The van der Waals surface area contributed by atoms with E-state index in [9.17, 15) is 15.2 Å². The summed E-state index contributed by atoms with van der Waals surface area (Å²) in [5.74, 6) is -0.264. The van der Waals surface area contributed by atoms with Crippen molar-refractivity contribution >= 4 is 50.0 Å². The fourth-order valence-corrected chi connectivity index (χ4v) is 4.33. The lowest BCUT2D eigenvalue weighted by atomic mass is 9.89. The molecule has 8 heteroatoms. The van der Waals surface area contributed by atoms with Gasteiger partial charge >= 0.3 is 5.69 Å². The van der Waals surface area contributed by atoms with E-state index in [0.717, 1.165) is 44.2 Å². The van der Waals surface area contributed by atoms with Crippen LogP contribution in [0, 0.1) is 17.0 Å². The van der Waals surface area contributed by atoms with Gasteiger partial charge in [-0.15, -0.1) is 12.4 Å². The molecule has 5 nitrogen and oxygen atoms in total. The Kier molecular flexibility index (Phi) is 6.48. The summed E-state index contributed by atoms with van der Waals surface area (Å²) in [5.41, 5.74) is 3.87.